The van der Waals surface area contributed by atoms with E-state index in [0.717, 1.165) is 51.3 Å². The quantitative estimate of drug-likeness (QED) is 0.110. The molecule has 3 aliphatic heterocycles. The number of pyridine rings is 1. The van der Waals surface area contributed by atoms with E-state index in [1.54, 1.807) is 39.3 Å². The Morgan fingerprint density at radius 3 is 2.56 bits per heavy atom. The second-order valence-corrected chi connectivity index (χ2v) is 19.7. The molecule has 364 valence electrons. The van der Waals surface area contributed by atoms with E-state index in [0.29, 0.717) is 36.9 Å². The number of ether oxygens (including phenoxy) is 2. The fraction of sp³-hybridized carbons (Fsp3) is 0.500. The highest BCUT2D eigenvalue weighted by atomic mass is 16.5. The highest BCUT2D eigenvalue weighted by Crippen LogP contribution is 2.43. The van der Waals surface area contributed by atoms with Crippen LogP contribution in [0.25, 0.3) is 33.3 Å². The van der Waals surface area contributed by atoms with Gasteiger partial charge in [0.15, 0.2) is 5.60 Å². The molecule has 6 bridgehead atoms. The lowest BCUT2D eigenvalue weighted by Crippen LogP contribution is -2.63. The summed E-state index contributed by atoms with van der Waals surface area (Å²) in [6, 6.07) is 10.1. The van der Waals surface area contributed by atoms with Crippen molar-refractivity contribution >= 4 is 40.5 Å². The predicted octanol–water partition coefficient (Wildman–Crippen LogP) is 5.47. The molecule has 0 radical (unpaired) electrons. The van der Waals surface area contributed by atoms with Gasteiger partial charge < -0.3 is 39.4 Å². The van der Waals surface area contributed by atoms with Crippen molar-refractivity contribution in [3.8, 4) is 28.1 Å². The SMILES string of the molecule is C=CC(=O)N1CC[C@@](O)(C(=O)N(C)[C@H](C(=O)N[C@H]2Cc3cc(O)cc(c3)-c3ccc4c(c3)c(c(-c3cnccc3[C@H](CC)OC)n4CC)CC(C)(C)COC(=O)[C@@H]3CCCN(N3)C2=O)C(C)C)C1. The van der Waals surface area contributed by atoms with Gasteiger partial charge in [-0.15, -0.1) is 0 Å². The number of carbonyl (C=O) groups excluding carboxylic acids is 5. The number of phenols is 1. The van der Waals surface area contributed by atoms with Crippen molar-refractivity contribution in [2.24, 2.45) is 11.3 Å². The number of hydrazine groups is 1. The molecular weight excluding hydrogens is 867 g/mol. The molecule has 2 fully saturated rings. The number of cyclic esters (lactones) is 1. The van der Waals surface area contributed by atoms with Crippen LogP contribution in [0, 0.1) is 11.3 Å². The Morgan fingerprint density at radius 1 is 1.10 bits per heavy atom. The first-order chi connectivity index (χ1) is 32.3. The summed E-state index contributed by atoms with van der Waals surface area (Å²) >= 11 is 0. The summed E-state index contributed by atoms with van der Waals surface area (Å²) in [5, 5.41) is 28.1. The maximum Gasteiger partial charge on any atom is 0.324 e. The number of carbonyl (C=O) groups is 5. The largest absolute Gasteiger partial charge is 0.508 e. The average molecular weight is 934 g/mol. The number of likely N-dealkylation sites (N-methyl/N-ethyl adjacent to an activating group) is 1. The molecule has 3 aliphatic rings. The van der Waals surface area contributed by atoms with Gasteiger partial charge in [0.2, 0.25) is 11.8 Å². The van der Waals surface area contributed by atoms with E-state index in [2.05, 4.69) is 66.7 Å². The van der Waals surface area contributed by atoms with E-state index in [-0.39, 0.29) is 50.9 Å². The van der Waals surface area contributed by atoms with Crippen LogP contribution in [0.3, 0.4) is 0 Å². The zero-order chi connectivity index (χ0) is 49.2. The van der Waals surface area contributed by atoms with E-state index in [1.807, 2.05) is 24.4 Å². The van der Waals surface area contributed by atoms with E-state index >= 15 is 0 Å². The van der Waals surface area contributed by atoms with Gasteiger partial charge in [-0.1, -0.05) is 53.3 Å². The summed E-state index contributed by atoms with van der Waals surface area (Å²) in [6.07, 6.45) is 6.70. The number of β-amino-alcohol motifs (C(OH)–C–C–N with tert-alkyl or cyclic N) is 1. The van der Waals surface area contributed by atoms with Crippen LogP contribution < -0.4 is 10.7 Å². The lowest BCUT2D eigenvalue weighted by molar-refractivity contribution is -0.156. The van der Waals surface area contributed by atoms with Crippen molar-refractivity contribution < 1.29 is 43.7 Å². The molecule has 0 aliphatic carbocycles. The number of nitrogens with zero attached hydrogens (tertiary/aromatic N) is 5. The van der Waals surface area contributed by atoms with Gasteiger partial charge in [0.05, 0.1) is 24.9 Å². The Kier molecular flexibility index (Phi) is 14.8. The number of likely N-dealkylation sites (tertiary alicyclic amines) is 1. The highest BCUT2D eigenvalue weighted by molar-refractivity contribution is 5.97. The van der Waals surface area contributed by atoms with Crippen molar-refractivity contribution in [2.75, 3.05) is 40.4 Å². The lowest BCUT2D eigenvalue weighted by atomic mass is 9.83. The van der Waals surface area contributed by atoms with Crippen molar-refractivity contribution in [3.05, 3.63) is 84.2 Å². The molecule has 0 saturated carbocycles. The molecule has 2 aromatic carbocycles. The van der Waals surface area contributed by atoms with Crippen LogP contribution in [0.2, 0.25) is 0 Å². The summed E-state index contributed by atoms with van der Waals surface area (Å²) in [7, 11) is 3.14. The summed E-state index contributed by atoms with van der Waals surface area (Å²) in [5.74, 6) is -3.34. The number of nitrogens with one attached hydrogen (secondary N) is 2. The lowest BCUT2D eigenvalue weighted by Gasteiger charge is -2.37. The number of methoxy groups -OCH3 is 1. The van der Waals surface area contributed by atoms with Crippen LogP contribution in [0.4, 0.5) is 0 Å². The molecule has 16 heteroatoms. The van der Waals surface area contributed by atoms with Crippen LogP contribution in [0.1, 0.15) is 90.0 Å². The van der Waals surface area contributed by atoms with Crippen molar-refractivity contribution in [2.45, 2.75) is 116 Å². The van der Waals surface area contributed by atoms with Crippen LogP contribution in [-0.2, 0) is 52.8 Å². The fourth-order valence-corrected chi connectivity index (χ4v) is 10.3. The van der Waals surface area contributed by atoms with Crippen LogP contribution in [0.15, 0.2) is 67.5 Å². The monoisotopic (exact) mass is 934 g/mol. The zero-order valence-corrected chi connectivity index (χ0v) is 40.6. The third-order valence-corrected chi connectivity index (χ3v) is 13.7. The molecule has 0 spiro atoms. The molecule has 68 heavy (non-hydrogen) atoms. The van der Waals surface area contributed by atoms with Crippen molar-refractivity contribution in [1.29, 1.82) is 0 Å². The maximum atomic E-state index is 14.7. The number of aryl methyl sites for hydroxylation is 1. The number of aromatic nitrogens is 2. The number of aliphatic hydroxyl groups is 1. The van der Waals surface area contributed by atoms with Gasteiger partial charge in [0, 0.05) is 80.9 Å². The Balaban J connectivity index is 1.32. The van der Waals surface area contributed by atoms with E-state index in [4.69, 9.17) is 9.47 Å². The Hall–Kier alpha value is -6.10. The number of hydrogen-bond donors (Lipinski definition) is 4. The molecule has 2 aromatic heterocycles. The van der Waals surface area contributed by atoms with Gasteiger partial charge >= 0.3 is 5.97 Å². The number of phenolic OH excluding ortho intramolecular Hbond substituents is 1. The molecule has 2 saturated heterocycles. The maximum absolute atomic E-state index is 14.7. The minimum atomic E-state index is -1.93. The number of amides is 4. The molecule has 5 atom stereocenters. The van der Waals surface area contributed by atoms with Gasteiger partial charge in [-0.3, -0.25) is 34.0 Å². The number of esters is 1. The number of rotatable bonds is 11. The van der Waals surface area contributed by atoms with E-state index < -0.39 is 64.7 Å². The second kappa shape index (κ2) is 20.2. The first kappa shape index (κ1) is 49.8. The Bertz CT molecular complexity index is 2580. The smallest absolute Gasteiger partial charge is 0.324 e. The third-order valence-electron chi connectivity index (χ3n) is 13.7. The summed E-state index contributed by atoms with van der Waals surface area (Å²) in [5.41, 5.74) is 7.65. The number of aromatic hydroxyl groups is 1. The normalized spacial score (nSPS) is 21.8. The van der Waals surface area contributed by atoms with Crippen LogP contribution in [-0.4, -0.2) is 128 Å². The van der Waals surface area contributed by atoms with Gasteiger partial charge in [-0.05, 0) is 103 Å². The molecule has 0 unspecified atom stereocenters. The van der Waals surface area contributed by atoms with E-state index in [9.17, 15) is 34.2 Å². The average Bonchev–Trinajstić information content (AvgIpc) is 3.87. The number of hydrogen-bond acceptors (Lipinski definition) is 11. The fourth-order valence-electron chi connectivity index (χ4n) is 10.3. The number of benzene rings is 2. The van der Waals surface area contributed by atoms with Crippen molar-refractivity contribution in [1.82, 2.24) is 35.1 Å². The molecular formula is C52H67N7O9. The highest BCUT2D eigenvalue weighted by Gasteiger charge is 2.48. The molecule has 4 amide bonds. The van der Waals surface area contributed by atoms with Crippen molar-refractivity contribution in [3.63, 3.8) is 0 Å². The van der Waals surface area contributed by atoms with E-state index in [1.165, 1.54) is 21.9 Å². The minimum Gasteiger partial charge on any atom is -0.508 e. The zero-order valence-electron chi connectivity index (χ0n) is 40.6. The third kappa shape index (κ3) is 10.0. The summed E-state index contributed by atoms with van der Waals surface area (Å²) < 4.78 is 14.4. The summed E-state index contributed by atoms with van der Waals surface area (Å²) in [6.45, 7) is 16.2. The summed E-state index contributed by atoms with van der Waals surface area (Å²) in [4.78, 5) is 76.7. The molecule has 4 aromatic rings. The first-order valence-electron chi connectivity index (χ1n) is 23.7. The molecule has 16 nitrogen and oxygen atoms in total. The van der Waals surface area contributed by atoms with Crippen LogP contribution >= 0.6 is 0 Å². The Labute approximate surface area is 398 Å². The molecule has 4 N–H and O–H groups in total. The second-order valence-electron chi connectivity index (χ2n) is 19.7. The predicted molar refractivity (Wildman–Crippen MR) is 258 cm³/mol. The first-order valence-corrected chi connectivity index (χ1v) is 23.7. The van der Waals surface area contributed by atoms with Gasteiger partial charge in [0.1, 0.15) is 23.9 Å². The molecule has 7 rings (SSSR count). The standard InChI is InChI=1S/C52H67N7O9/c1-10-43(67-9)36-17-19-53-28-39(36)46-38-27-51(6,7)30-68-49(64)40-14-13-20-59(55-40)48(63)41(24-32-22-34(25-35(60)23-32)33-15-16-42(37(38)26-33)58(46)12-3)54-47(62)45(31(4)5)56(8)50(65)52(66)18-21-57(29-52)44(61)11-2/h11,15-17,19,22-23,25-26,28,31,40-41,43,45,55,60,66H,2,10,12-14,18,20-21,24,27,29-30H2,1,3-9H3,(H,54,62)/t40-,41-,43-,45-,52-/m0/s1. The minimum absolute atomic E-state index is 0.0239. The van der Waals surface area contributed by atoms with Crippen LogP contribution in [0.5, 0.6) is 5.75 Å². The van der Waals surface area contributed by atoms with Gasteiger partial charge in [-0.2, -0.15) is 0 Å². The van der Waals surface area contributed by atoms with Gasteiger partial charge in [-0.25, -0.2) is 5.43 Å². The number of fused-ring (bicyclic) bond motifs is 6. The molecule has 5 heterocycles. The van der Waals surface area contributed by atoms with Gasteiger partial charge in [0.25, 0.3) is 11.8 Å². The Morgan fingerprint density at radius 2 is 1.87 bits per heavy atom. The topological polar surface area (TPSA) is 196 Å².